The van der Waals surface area contributed by atoms with E-state index in [1.165, 1.54) is 18.5 Å². The third-order valence-corrected chi connectivity index (χ3v) is 4.36. The first kappa shape index (κ1) is 14.8. The summed E-state index contributed by atoms with van der Waals surface area (Å²) in [5, 5.41) is 0.136. The summed E-state index contributed by atoms with van der Waals surface area (Å²) in [5.74, 6) is 0.686. The van der Waals surface area contributed by atoms with Crippen LogP contribution in [0.3, 0.4) is 0 Å². The molecular weight excluding hydrogens is 300 g/mol. The van der Waals surface area contributed by atoms with Gasteiger partial charge in [-0.3, -0.25) is 4.98 Å². The summed E-state index contributed by atoms with van der Waals surface area (Å²) in [4.78, 5) is 3.71. The Morgan fingerprint density at radius 3 is 2.65 bits per heavy atom. The second-order valence-electron chi connectivity index (χ2n) is 3.87. The molecule has 1 aromatic heterocycles. The summed E-state index contributed by atoms with van der Waals surface area (Å²) in [7, 11) is -3.67. The molecule has 0 radical (unpaired) electrons. The number of benzene rings is 1. The van der Waals surface area contributed by atoms with Gasteiger partial charge in [-0.05, 0) is 18.2 Å². The first-order valence-electron chi connectivity index (χ1n) is 5.86. The van der Waals surface area contributed by atoms with Crippen LogP contribution >= 0.6 is 11.6 Å². The number of para-hydroxylation sites is 1. The Morgan fingerprint density at radius 2 is 1.95 bits per heavy atom. The lowest BCUT2D eigenvalue weighted by Crippen LogP contribution is -2.28. The van der Waals surface area contributed by atoms with E-state index in [1.54, 1.807) is 12.1 Å². The van der Waals surface area contributed by atoms with E-state index < -0.39 is 10.0 Å². The van der Waals surface area contributed by atoms with Gasteiger partial charge in [0.25, 0.3) is 0 Å². The Bertz CT molecular complexity index is 662. The normalized spacial score (nSPS) is 11.2. The molecule has 1 aromatic carbocycles. The molecule has 0 fully saturated rings. The van der Waals surface area contributed by atoms with Crippen LogP contribution in [-0.2, 0) is 10.0 Å². The standard InChI is InChI=1S/C13H13ClN2O3S/c14-12-6-7-15-10-13(12)20(17,18)16-8-9-19-11-4-2-1-3-5-11/h1-7,10,16H,8-9H2. The van der Waals surface area contributed by atoms with E-state index in [9.17, 15) is 8.42 Å². The minimum Gasteiger partial charge on any atom is -0.492 e. The Kier molecular flexibility index (Phi) is 4.94. The molecule has 7 heteroatoms. The first-order chi connectivity index (χ1) is 9.59. The molecule has 0 unspecified atom stereocenters. The van der Waals surface area contributed by atoms with E-state index in [2.05, 4.69) is 9.71 Å². The number of nitrogens with zero attached hydrogens (tertiary/aromatic N) is 1. The van der Waals surface area contributed by atoms with Gasteiger partial charge in [-0.1, -0.05) is 29.8 Å². The smallest absolute Gasteiger partial charge is 0.243 e. The molecule has 0 saturated heterocycles. The van der Waals surface area contributed by atoms with E-state index in [4.69, 9.17) is 16.3 Å². The maximum Gasteiger partial charge on any atom is 0.243 e. The fourth-order valence-corrected chi connectivity index (χ4v) is 2.94. The number of pyridine rings is 1. The zero-order valence-corrected chi connectivity index (χ0v) is 12.1. The maximum atomic E-state index is 12.0. The van der Waals surface area contributed by atoms with Crippen LogP contribution in [0.2, 0.25) is 5.02 Å². The van der Waals surface area contributed by atoms with Crippen LogP contribution in [0.4, 0.5) is 0 Å². The van der Waals surface area contributed by atoms with Gasteiger partial charge in [-0.15, -0.1) is 0 Å². The molecular formula is C13H13ClN2O3S. The Morgan fingerprint density at radius 1 is 1.20 bits per heavy atom. The number of aromatic nitrogens is 1. The maximum absolute atomic E-state index is 12.0. The van der Waals surface area contributed by atoms with E-state index >= 15 is 0 Å². The summed E-state index contributed by atoms with van der Waals surface area (Å²) in [5.41, 5.74) is 0. The number of hydrogen-bond donors (Lipinski definition) is 1. The van der Waals surface area contributed by atoms with Crippen LogP contribution in [0.15, 0.2) is 53.7 Å². The van der Waals surface area contributed by atoms with Gasteiger partial charge in [0.2, 0.25) is 10.0 Å². The van der Waals surface area contributed by atoms with Gasteiger partial charge >= 0.3 is 0 Å². The largest absolute Gasteiger partial charge is 0.492 e. The Balaban J connectivity index is 1.89. The molecule has 5 nitrogen and oxygen atoms in total. The summed E-state index contributed by atoms with van der Waals surface area (Å²) >= 11 is 5.83. The highest BCUT2D eigenvalue weighted by molar-refractivity contribution is 7.89. The van der Waals surface area contributed by atoms with Crippen molar-refractivity contribution in [2.75, 3.05) is 13.2 Å². The molecule has 0 spiro atoms. The topological polar surface area (TPSA) is 68.3 Å². The van der Waals surface area contributed by atoms with E-state index in [-0.39, 0.29) is 23.1 Å². The molecule has 2 rings (SSSR count). The molecule has 0 saturated carbocycles. The van der Waals surface area contributed by atoms with Crippen molar-refractivity contribution < 1.29 is 13.2 Å². The molecule has 20 heavy (non-hydrogen) atoms. The molecule has 0 aliphatic rings. The lowest BCUT2D eigenvalue weighted by Gasteiger charge is -2.09. The minimum absolute atomic E-state index is 0.0404. The van der Waals surface area contributed by atoms with Crippen LogP contribution < -0.4 is 9.46 Å². The second-order valence-corrected chi connectivity index (χ2v) is 6.01. The number of nitrogens with one attached hydrogen (secondary N) is 1. The van der Waals surface area contributed by atoms with Crippen molar-refractivity contribution >= 4 is 21.6 Å². The second kappa shape index (κ2) is 6.69. The third kappa shape index (κ3) is 3.93. The van der Waals surface area contributed by atoms with E-state index in [0.717, 1.165) is 0 Å². The van der Waals surface area contributed by atoms with Crippen LogP contribution in [0.25, 0.3) is 0 Å². The lowest BCUT2D eigenvalue weighted by molar-refractivity contribution is 0.323. The predicted octanol–water partition coefficient (Wildman–Crippen LogP) is 2.09. The molecule has 106 valence electrons. The molecule has 0 amide bonds. The zero-order chi connectivity index (χ0) is 14.4. The average molecular weight is 313 g/mol. The van der Waals surface area contributed by atoms with Crippen molar-refractivity contribution in [2.24, 2.45) is 0 Å². The van der Waals surface area contributed by atoms with Crippen LogP contribution in [0, 0.1) is 0 Å². The summed E-state index contributed by atoms with van der Waals surface area (Å²) < 4.78 is 31.7. The van der Waals surface area contributed by atoms with E-state index in [1.807, 2.05) is 18.2 Å². The number of ether oxygens (including phenoxy) is 1. The average Bonchev–Trinajstić information content (AvgIpc) is 2.45. The molecule has 0 bridgehead atoms. The minimum atomic E-state index is -3.67. The zero-order valence-electron chi connectivity index (χ0n) is 10.5. The van der Waals surface area contributed by atoms with Crippen molar-refractivity contribution in [3.8, 4) is 5.75 Å². The number of hydrogen-bond acceptors (Lipinski definition) is 4. The van der Waals surface area contributed by atoms with Crippen LogP contribution in [0.5, 0.6) is 5.75 Å². The van der Waals surface area contributed by atoms with Crippen molar-refractivity contribution in [2.45, 2.75) is 4.90 Å². The predicted molar refractivity (Wildman–Crippen MR) is 76.4 cm³/mol. The Hall–Kier alpha value is -1.63. The third-order valence-electron chi connectivity index (χ3n) is 2.43. The van der Waals surface area contributed by atoms with Gasteiger partial charge in [0.05, 0.1) is 5.02 Å². The van der Waals surface area contributed by atoms with Crippen molar-refractivity contribution in [3.63, 3.8) is 0 Å². The van der Waals surface area contributed by atoms with E-state index in [0.29, 0.717) is 5.75 Å². The highest BCUT2D eigenvalue weighted by atomic mass is 35.5. The summed E-state index contributed by atoms with van der Waals surface area (Å²) in [6, 6.07) is 10.6. The molecule has 1 N–H and O–H groups in total. The quantitative estimate of drug-likeness (QED) is 0.829. The van der Waals surface area contributed by atoms with Gasteiger partial charge in [-0.2, -0.15) is 0 Å². The van der Waals surface area contributed by atoms with Crippen LogP contribution in [0.1, 0.15) is 0 Å². The summed E-state index contributed by atoms with van der Waals surface area (Å²) in [6.45, 7) is 0.365. The number of rotatable bonds is 6. The van der Waals surface area contributed by atoms with Crippen molar-refractivity contribution in [3.05, 3.63) is 53.8 Å². The molecule has 1 heterocycles. The SMILES string of the molecule is O=S(=O)(NCCOc1ccccc1)c1cnccc1Cl. The molecule has 0 atom stereocenters. The monoisotopic (exact) mass is 312 g/mol. The van der Waals surface area contributed by atoms with Gasteiger partial charge < -0.3 is 4.74 Å². The van der Waals surface area contributed by atoms with Gasteiger partial charge in [0, 0.05) is 18.9 Å². The Labute approximate surface area is 122 Å². The molecule has 0 aliphatic carbocycles. The number of halogens is 1. The summed E-state index contributed by atoms with van der Waals surface area (Å²) in [6.07, 6.45) is 2.64. The van der Waals surface area contributed by atoms with Gasteiger partial charge in [0.15, 0.2) is 0 Å². The highest BCUT2D eigenvalue weighted by Gasteiger charge is 2.17. The van der Waals surface area contributed by atoms with Crippen molar-refractivity contribution in [1.82, 2.24) is 9.71 Å². The lowest BCUT2D eigenvalue weighted by atomic mass is 10.3. The number of sulfonamides is 1. The van der Waals surface area contributed by atoms with Gasteiger partial charge in [-0.25, -0.2) is 13.1 Å². The highest BCUT2D eigenvalue weighted by Crippen LogP contribution is 2.18. The van der Waals surface area contributed by atoms with Crippen LogP contribution in [-0.4, -0.2) is 26.6 Å². The molecule has 0 aliphatic heterocycles. The first-order valence-corrected chi connectivity index (χ1v) is 7.73. The van der Waals surface area contributed by atoms with Crippen molar-refractivity contribution in [1.29, 1.82) is 0 Å². The van der Waals surface area contributed by atoms with Gasteiger partial charge in [0.1, 0.15) is 17.3 Å². The fraction of sp³-hybridized carbons (Fsp3) is 0.154. The fourth-order valence-electron chi connectivity index (χ4n) is 1.50. The molecule has 2 aromatic rings.